The lowest BCUT2D eigenvalue weighted by atomic mass is 10.0. The Labute approximate surface area is 226 Å². The number of aryl methyl sites for hydroxylation is 1. The number of hydrogen-bond donors (Lipinski definition) is 1. The maximum absolute atomic E-state index is 15.6. The Morgan fingerprint density at radius 3 is 2.51 bits per heavy atom. The second-order valence-electron chi connectivity index (χ2n) is 9.61. The SMILES string of the molecule is COc1ccc(CN(C)S(=O)(=O)c2cc(F)c(-c3nc4cc(C)ccn4c3CC3CNCCO3)c(F)c2)cc1. The highest BCUT2D eigenvalue weighted by atomic mass is 32.2. The van der Waals surface area contributed by atoms with Crippen molar-refractivity contribution in [2.45, 2.75) is 30.9 Å². The molecule has 1 aliphatic heterocycles. The smallest absolute Gasteiger partial charge is 0.243 e. The molecule has 0 radical (unpaired) electrons. The Balaban J connectivity index is 1.51. The lowest BCUT2D eigenvalue weighted by Crippen LogP contribution is -2.39. The predicted molar refractivity (Wildman–Crippen MR) is 143 cm³/mol. The van der Waals surface area contributed by atoms with E-state index in [1.807, 2.05) is 25.3 Å². The summed E-state index contributed by atoms with van der Waals surface area (Å²) in [6, 6.07) is 12.3. The van der Waals surface area contributed by atoms with Gasteiger partial charge in [0.1, 0.15) is 23.0 Å². The summed E-state index contributed by atoms with van der Waals surface area (Å²) < 4.78 is 71.6. The number of hydrogen-bond acceptors (Lipinski definition) is 6. The zero-order valence-corrected chi connectivity index (χ0v) is 22.8. The van der Waals surface area contributed by atoms with Crippen LogP contribution in [0.5, 0.6) is 5.75 Å². The predicted octanol–water partition coefficient (Wildman–Crippen LogP) is 3.95. The third kappa shape index (κ3) is 5.53. The van der Waals surface area contributed by atoms with E-state index in [2.05, 4.69) is 10.3 Å². The molecule has 0 saturated carbocycles. The molecule has 0 aliphatic carbocycles. The van der Waals surface area contributed by atoms with Crippen molar-refractivity contribution in [1.82, 2.24) is 19.0 Å². The highest BCUT2D eigenvalue weighted by Crippen LogP contribution is 2.33. The summed E-state index contributed by atoms with van der Waals surface area (Å²) in [5.74, 6) is -1.37. The first-order valence-corrected chi connectivity index (χ1v) is 14.0. The lowest BCUT2D eigenvalue weighted by molar-refractivity contribution is 0.0286. The van der Waals surface area contributed by atoms with Gasteiger partial charge in [-0.15, -0.1) is 0 Å². The molecule has 3 heterocycles. The van der Waals surface area contributed by atoms with Crippen LogP contribution in [-0.2, 0) is 27.7 Å². The van der Waals surface area contributed by atoms with Gasteiger partial charge in [-0.05, 0) is 54.4 Å². The Morgan fingerprint density at radius 1 is 1.15 bits per heavy atom. The fraction of sp³-hybridized carbons (Fsp3) is 0.321. The average Bonchev–Trinajstić information content (AvgIpc) is 3.25. The van der Waals surface area contributed by atoms with Gasteiger partial charge in [0.2, 0.25) is 10.0 Å². The van der Waals surface area contributed by atoms with Gasteiger partial charge >= 0.3 is 0 Å². The van der Waals surface area contributed by atoms with Gasteiger partial charge in [-0.3, -0.25) is 0 Å². The molecule has 1 saturated heterocycles. The number of rotatable bonds is 8. The van der Waals surface area contributed by atoms with Crippen molar-refractivity contribution in [3.63, 3.8) is 0 Å². The monoisotopic (exact) mass is 556 g/mol. The lowest BCUT2D eigenvalue weighted by Gasteiger charge is -2.24. The van der Waals surface area contributed by atoms with Crippen LogP contribution in [0.15, 0.2) is 59.6 Å². The van der Waals surface area contributed by atoms with Gasteiger partial charge in [0.15, 0.2) is 0 Å². The van der Waals surface area contributed by atoms with Crippen molar-refractivity contribution in [3.8, 4) is 17.0 Å². The topological polar surface area (TPSA) is 85.2 Å². The number of sulfonamides is 1. The second kappa shape index (κ2) is 11.0. The molecular formula is C28H30F2N4O4S. The van der Waals surface area contributed by atoms with Crippen molar-refractivity contribution in [2.75, 3.05) is 33.9 Å². The first-order chi connectivity index (χ1) is 18.7. The summed E-state index contributed by atoms with van der Waals surface area (Å²) in [6.45, 7) is 3.80. The van der Waals surface area contributed by atoms with Crippen molar-refractivity contribution < 1.29 is 26.7 Å². The molecule has 2 aromatic carbocycles. The molecule has 39 heavy (non-hydrogen) atoms. The van der Waals surface area contributed by atoms with Crippen LogP contribution in [-0.4, -0.2) is 62.1 Å². The number of imidazole rings is 1. The van der Waals surface area contributed by atoms with E-state index in [0.717, 1.165) is 28.5 Å². The quantitative estimate of drug-likeness (QED) is 0.354. The van der Waals surface area contributed by atoms with E-state index in [9.17, 15) is 8.42 Å². The third-order valence-corrected chi connectivity index (χ3v) is 8.61. The number of halogens is 2. The molecule has 1 atom stereocenters. The van der Waals surface area contributed by atoms with Crippen molar-refractivity contribution in [3.05, 3.63) is 83.2 Å². The number of pyridine rings is 1. The number of fused-ring (bicyclic) bond motifs is 1. The van der Waals surface area contributed by atoms with Gasteiger partial charge in [-0.2, -0.15) is 4.31 Å². The van der Waals surface area contributed by atoms with Gasteiger partial charge in [-0.1, -0.05) is 12.1 Å². The standard InChI is InChI=1S/C28H30F2N4O4S/c1-18-8-10-34-25(13-21-16-31-9-11-38-21)28(32-26(34)12-18)27-23(29)14-22(15-24(27)30)39(35,36)33(2)17-19-4-6-20(37-3)7-5-19/h4-8,10,12,14-15,21,31H,9,11,13,16-17H2,1-3H3. The van der Waals surface area contributed by atoms with Gasteiger partial charge < -0.3 is 19.2 Å². The van der Waals surface area contributed by atoms with Gasteiger partial charge in [-0.25, -0.2) is 22.2 Å². The molecule has 0 amide bonds. The van der Waals surface area contributed by atoms with Crippen LogP contribution in [0.25, 0.3) is 16.9 Å². The number of methoxy groups -OCH3 is 1. The Hall–Kier alpha value is -3.38. The summed E-state index contributed by atoms with van der Waals surface area (Å²) in [4.78, 5) is 4.09. The van der Waals surface area contributed by atoms with E-state index in [1.165, 1.54) is 14.2 Å². The second-order valence-corrected chi connectivity index (χ2v) is 11.7. The minimum Gasteiger partial charge on any atom is -0.497 e. The summed E-state index contributed by atoms with van der Waals surface area (Å²) >= 11 is 0. The summed E-state index contributed by atoms with van der Waals surface area (Å²) in [7, 11) is -1.29. The molecule has 11 heteroatoms. The van der Waals surface area contributed by atoms with E-state index in [-0.39, 0.29) is 23.9 Å². The maximum Gasteiger partial charge on any atom is 0.243 e. The first kappa shape index (κ1) is 27.2. The minimum atomic E-state index is -4.19. The first-order valence-electron chi connectivity index (χ1n) is 12.6. The molecular weight excluding hydrogens is 526 g/mol. The molecule has 1 aliphatic rings. The molecule has 5 rings (SSSR count). The zero-order valence-electron chi connectivity index (χ0n) is 21.9. The molecule has 1 unspecified atom stereocenters. The molecule has 8 nitrogen and oxygen atoms in total. The highest BCUT2D eigenvalue weighted by Gasteiger charge is 2.28. The molecule has 2 aromatic heterocycles. The van der Waals surface area contributed by atoms with E-state index in [0.29, 0.717) is 42.2 Å². The average molecular weight is 557 g/mol. The normalized spacial score (nSPS) is 16.2. The number of aromatic nitrogens is 2. The highest BCUT2D eigenvalue weighted by molar-refractivity contribution is 7.89. The fourth-order valence-electron chi connectivity index (χ4n) is 4.74. The molecule has 1 N–H and O–H groups in total. The third-order valence-electron chi connectivity index (χ3n) is 6.83. The van der Waals surface area contributed by atoms with Gasteiger partial charge in [0, 0.05) is 39.3 Å². The van der Waals surface area contributed by atoms with Crippen LogP contribution in [0.1, 0.15) is 16.8 Å². The number of morpholine rings is 1. The molecule has 4 aromatic rings. The van der Waals surface area contributed by atoms with Crippen molar-refractivity contribution in [2.24, 2.45) is 0 Å². The molecule has 1 fully saturated rings. The van der Waals surface area contributed by atoms with Crippen molar-refractivity contribution in [1.29, 1.82) is 0 Å². The maximum atomic E-state index is 15.6. The zero-order chi connectivity index (χ0) is 27.7. The molecule has 206 valence electrons. The van der Waals surface area contributed by atoms with Crippen molar-refractivity contribution >= 4 is 15.7 Å². The molecule has 0 spiro atoms. The van der Waals surface area contributed by atoms with Crippen LogP contribution in [0.4, 0.5) is 8.78 Å². The summed E-state index contributed by atoms with van der Waals surface area (Å²) in [6.07, 6.45) is 1.99. The Morgan fingerprint density at radius 2 is 1.87 bits per heavy atom. The number of ether oxygens (including phenoxy) is 2. The summed E-state index contributed by atoms with van der Waals surface area (Å²) in [5, 5.41) is 3.26. The number of nitrogens with one attached hydrogen (secondary N) is 1. The van der Waals surface area contributed by atoms with E-state index in [1.54, 1.807) is 28.7 Å². The van der Waals surface area contributed by atoms with E-state index >= 15 is 8.78 Å². The van der Waals surface area contributed by atoms with Crippen LogP contribution >= 0.6 is 0 Å². The van der Waals surface area contributed by atoms with Crippen LogP contribution < -0.4 is 10.1 Å². The van der Waals surface area contributed by atoms with Crippen LogP contribution in [0.2, 0.25) is 0 Å². The Kier molecular flexibility index (Phi) is 7.68. The van der Waals surface area contributed by atoms with Gasteiger partial charge in [0.05, 0.1) is 41.7 Å². The molecule has 0 bridgehead atoms. The minimum absolute atomic E-state index is 0.0165. The van der Waals surface area contributed by atoms with E-state index in [4.69, 9.17) is 9.47 Å². The number of benzene rings is 2. The van der Waals surface area contributed by atoms with E-state index < -0.39 is 26.6 Å². The largest absolute Gasteiger partial charge is 0.497 e. The van der Waals surface area contributed by atoms with Crippen LogP contribution in [0, 0.1) is 18.6 Å². The fourth-order valence-corrected chi connectivity index (χ4v) is 5.92. The number of nitrogens with zero attached hydrogens (tertiary/aromatic N) is 3. The summed E-state index contributed by atoms with van der Waals surface area (Å²) in [5.41, 5.74) is 2.53. The van der Waals surface area contributed by atoms with Gasteiger partial charge in [0.25, 0.3) is 0 Å². The Bertz CT molecular complexity index is 1580. The van der Waals surface area contributed by atoms with Crippen LogP contribution in [0.3, 0.4) is 0 Å².